The molecule has 168 valence electrons. The van der Waals surface area contributed by atoms with E-state index in [0.29, 0.717) is 11.6 Å². The van der Waals surface area contributed by atoms with Crippen LogP contribution in [0.15, 0.2) is 53.4 Å². The minimum atomic E-state index is -4.66. The molecule has 1 fully saturated rings. The molecule has 2 aromatic rings. The molecule has 12 heteroatoms. The number of nitrogens with zero attached hydrogens (tertiary/aromatic N) is 1. The lowest BCUT2D eigenvalue weighted by Crippen LogP contribution is -2.39. The van der Waals surface area contributed by atoms with Gasteiger partial charge < -0.3 is 5.32 Å². The highest BCUT2D eigenvalue weighted by molar-refractivity contribution is 7.89. The highest BCUT2D eigenvalue weighted by Crippen LogP contribution is 2.31. The Morgan fingerprint density at radius 3 is 2.55 bits per heavy atom. The number of hydroxylamine groups is 1. The Bertz CT molecular complexity index is 1030. The summed E-state index contributed by atoms with van der Waals surface area (Å²) in [5.74, 6) is -0.401. The summed E-state index contributed by atoms with van der Waals surface area (Å²) in [5, 5.41) is 2.49. The number of nitrogens with one attached hydrogen (secondary N) is 2. The lowest BCUT2D eigenvalue weighted by molar-refractivity contribution is -0.137. The van der Waals surface area contributed by atoms with Crippen LogP contribution in [0.5, 0.6) is 0 Å². The number of halogens is 4. The van der Waals surface area contributed by atoms with Gasteiger partial charge >= 0.3 is 12.2 Å². The quantitative estimate of drug-likeness (QED) is 0.512. The molecule has 1 heterocycles. The minimum Gasteiger partial charge on any atom is -0.332 e. The Morgan fingerprint density at radius 1 is 1.16 bits per heavy atom. The van der Waals surface area contributed by atoms with Gasteiger partial charge in [0, 0.05) is 19.6 Å². The van der Waals surface area contributed by atoms with Crippen LogP contribution >= 0.6 is 0 Å². The van der Waals surface area contributed by atoms with Gasteiger partial charge in [-0.05, 0) is 42.3 Å². The van der Waals surface area contributed by atoms with Crippen molar-refractivity contribution in [3.8, 4) is 0 Å². The molecule has 1 aliphatic rings. The molecule has 1 aliphatic heterocycles. The Hall–Kier alpha value is -2.70. The number of amides is 2. The van der Waals surface area contributed by atoms with Crippen molar-refractivity contribution in [3.05, 3.63) is 65.5 Å². The van der Waals surface area contributed by atoms with E-state index >= 15 is 0 Å². The Labute approximate surface area is 176 Å². The predicted molar refractivity (Wildman–Crippen MR) is 101 cm³/mol. The second kappa shape index (κ2) is 9.20. The van der Waals surface area contributed by atoms with Crippen LogP contribution in [-0.4, -0.2) is 37.9 Å². The van der Waals surface area contributed by atoms with Gasteiger partial charge in [-0.1, -0.05) is 18.2 Å². The van der Waals surface area contributed by atoms with Crippen molar-refractivity contribution in [3.63, 3.8) is 0 Å². The zero-order chi connectivity index (χ0) is 22.6. The van der Waals surface area contributed by atoms with Crippen molar-refractivity contribution in [1.29, 1.82) is 0 Å². The van der Waals surface area contributed by atoms with Crippen molar-refractivity contribution in [1.82, 2.24) is 15.1 Å². The van der Waals surface area contributed by atoms with Gasteiger partial charge in [0.1, 0.15) is 11.9 Å². The SMILES string of the molecule is O=C(NCc1ccc(F)cc1)NO[C@H]1CCN(S(=O)(=O)c2cccc(C(F)(F)F)c2)C1. The molecule has 0 aromatic heterocycles. The van der Waals surface area contributed by atoms with Crippen LogP contribution in [-0.2, 0) is 27.6 Å². The molecule has 2 aromatic carbocycles. The molecular formula is C19H19F4N3O4S. The zero-order valence-electron chi connectivity index (χ0n) is 16.0. The number of urea groups is 1. The summed E-state index contributed by atoms with van der Waals surface area (Å²) in [7, 11) is -4.15. The second-order valence-electron chi connectivity index (χ2n) is 6.83. The third-order valence-electron chi connectivity index (χ3n) is 4.59. The maximum Gasteiger partial charge on any atom is 0.416 e. The molecule has 2 N–H and O–H groups in total. The van der Waals surface area contributed by atoms with E-state index in [0.717, 1.165) is 22.5 Å². The van der Waals surface area contributed by atoms with Crippen LogP contribution in [0.2, 0.25) is 0 Å². The molecule has 3 rings (SSSR count). The fourth-order valence-electron chi connectivity index (χ4n) is 2.95. The van der Waals surface area contributed by atoms with E-state index in [2.05, 4.69) is 10.8 Å². The summed E-state index contributed by atoms with van der Waals surface area (Å²) in [5.41, 5.74) is 1.76. The summed E-state index contributed by atoms with van der Waals surface area (Å²) < 4.78 is 77.8. The number of carbonyl (C=O) groups excluding carboxylic acids is 1. The van der Waals surface area contributed by atoms with Crippen LogP contribution in [0.25, 0.3) is 0 Å². The molecule has 0 saturated carbocycles. The fourth-order valence-corrected chi connectivity index (χ4v) is 4.48. The van der Waals surface area contributed by atoms with Crippen LogP contribution in [0.1, 0.15) is 17.5 Å². The number of rotatable bonds is 6. The third-order valence-corrected chi connectivity index (χ3v) is 6.45. The first-order valence-corrected chi connectivity index (χ1v) is 10.6. The number of benzene rings is 2. The highest BCUT2D eigenvalue weighted by atomic mass is 32.2. The molecule has 31 heavy (non-hydrogen) atoms. The standard InChI is InChI=1S/C19H19F4N3O4S/c20-15-6-4-13(5-7-15)11-24-18(27)25-30-16-8-9-26(12-16)31(28,29)17-3-1-2-14(10-17)19(21,22)23/h1-7,10,16H,8-9,11-12H2,(H2,24,25,27)/t16-/m0/s1. The van der Waals surface area contributed by atoms with E-state index in [1.165, 1.54) is 24.3 Å². The van der Waals surface area contributed by atoms with Crippen LogP contribution in [0.3, 0.4) is 0 Å². The van der Waals surface area contributed by atoms with Crippen molar-refractivity contribution in [2.45, 2.75) is 30.1 Å². The molecule has 1 saturated heterocycles. The Kier molecular flexibility index (Phi) is 6.82. The van der Waals surface area contributed by atoms with Gasteiger partial charge in [-0.3, -0.25) is 4.84 Å². The second-order valence-corrected chi connectivity index (χ2v) is 8.77. The molecule has 2 amide bonds. The van der Waals surface area contributed by atoms with E-state index in [9.17, 15) is 30.8 Å². The van der Waals surface area contributed by atoms with E-state index in [1.54, 1.807) is 0 Å². The maximum absolute atomic E-state index is 12.9. The largest absolute Gasteiger partial charge is 0.416 e. The summed E-state index contributed by atoms with van der Waals surface area (Å²) >= 11 is 0. The van der Waals surface area contributed by atoms with Gasteiger partial charge in [0.15, 0.2) is 0 Å². The molecule has 0 aliphatic carbocycles. The monoisotopic (exact) mass is 461 g/mol. The summed E-state index contributed by atoms with van der Waals surface area (Å²) in [6.45, 7) is 0.0230. The Balaban J connectivity index is 1.51. The molecular weight excluding hydrogens is 442 g/mol. The maximum atomic E-state index is 12.9. The molecule has 7 nitrogen and oxygen atoms in total. The fraction of sp³-hybridized carbons (Fsp3) is 0.316. The Morgan fingerprint density at radius 2 is 1.87 bits per heavy atom. The number of sulfonamides is 1. The number of carbonyl (C=O) groups is 1. The molecule has 1 atom stereocenters. The summed E-state index contributed by atoms with van der Waals surface area (Å²) in [6.07, 6.45) is -5.08. The average Bonchev–Trinajstić information content (AvgIpc) is 3.21. The molecule has 0 spiro atoms. The average molecular weight is 461 g/mol. The summed E-state index contributed by atoms with van der Waals surface area (Å²) in [4.78, 5) is 16.6. The van der Waals surface area contributed by atoms with Gasteiger partial charge in [-0.25, -0.2) is 23.1 Å². The van der Waals surface area contributed by atoms with Crippen molar-refractivity contribution in [2.24, 2.45) is 0 Å². The van der Waals surface area contributed by atoms with Gasteiger partial charge in [0.25, 0.3) is 0 Å². The van der Waals surface area contributed by atoms with Gasteiger partial charge in [0.05, 0.1) is 10.5 Å². The van der Waals surface area contributed by atoms with Crippen LogP contribution < -0.4 is 10.8 Å². The first-order valence-electron chi connectivity index (χ1n) is 9.17. The normalized spacial score (nSPS) is 17.5. The van der Waals surface area contributed by atoms with E-state index in [-0.39, 0.29) is 26.1 Å². The molecule has 0 unspecified atom stereocenters. The zero-order valence-corrected chi connectivity index (χ0v) is 16.8. The summed E-state index contributed by atoms with van der Waals surface area (Å²) in [6, 6.07) is 8.35. The van der Waals surface area contributed by atoms with Crippen molar-refractivity contribution < 1.29 is 35.6 Å². The first kappa shape index (κ1) is 23.0. The number of hydrogen-bond donors (Lipinski definition) is 2. The highest BCUT2D eigenvalue weighted by Gasteiger charge is 2.36. The van der Waals surface area contributed by atoms with Gasteiger partial charge in [0.2, 0.25) is 10.0 Å². The molecule has 0 bridgehead atoms. The van der Waals surface area contributed by atoms with Crippen LogP contribution in [0, 0.1) is 5.82 Å². The first-order chi connectivity index (χ1) is 14.6. The van der Waals surface area contributed by atoms with Gasteiger partial charge in [-0.2, -0.15) is 17.5 Å². The van der Waals surface area contributed by atoms with E-state index in [4.69, 9.17) is 4.84 Å². The predicted octanol–water partition coefficient (Wildman–Crippen LogP) is 3.04. The number of alkyl halides is 3. The van der Waals surface area contributed by atoms with E-state index < -0.39 is 44.6 Å². The topological polar surface area (TPSA) is 87.7 Å². The molecule has 0 radical (unpaired) electrons. The lowest BCUT2D eigenvalue weighted by Gasteiger charge is -2.18. The van der Waals surface area contributed by atoms with Crippen molar-refractivity contribution in [2.75, 3.05) is 13.1 Å². The number of hydrogen-bond acceptors (Lipinski definition) is 4. The lowest BCUT2D eigenvalue weighted by atomic mass is 10.2. The van der Waals surface area contributed by atoms with E-state index in [1.807, 2.05) is 0 Å². The smallest absolute Gasteiger partial charge is 0.332 e. The van der Waals surface area contributed by atoms with Crippen LogP contribution in [0.4, 0.5) is 22.4 Å². The minimum absolute atomic E-state index is 0.0299. The van der Waals surface area contributed by atoms with Gasteiger partial charge in [-0.15, -0.1) is 0 Å². The van der Waals surface area contributed by atoms with Crippen molar-refractivity contribution >= 4 is 16.1 Å². The third kappa shape index (κ3) is 5.93.